The fraction of sp³-hybridized carbons (Fsp3) is 0.212. The Bertz CT molecular complexity index is 1650. The van der Waals surface area contributed by atoms with Crippen molar-refractivity contribution in [3.8, 4) is 5.75 Å². The molecule has 44 heavy (non-hydrogen) atoms. The molecule has 0 radical (unpaired) electrons. The third-order valence-corrected chi connectivity index (χ3v) is 9.45. The van der Waals surface area contributed by atoms with Crippen molar-refractivity contribution in [3.05, 3.63) is 124 Å². The van der Waals surface area contributed by atoms with E-state index in [1.807, 2.05) is 37.3 Å². The molecule has 0 aliphatic carbocycles. The van der Waals surface area contributed by atoms with Gasteiger partial charge in [0.05, 0.1) is 17.2 Å². The fourth-order valence-electron chi connectivity index (χ4n) is 4.70. The van der Waals surface area contributed by atoms with Gasteiger partial charge in [-0.25, -0.2) is 8.42 Å². The van der Waals surface area contributed by atoms with Crippen molar-refractivity contribution in [3.63, 3.8) is 0 Å². The third-order valence-electron chi connectivity index (χ3n) is 6.95. The Balaban J connectivity index is 1.79. The molecule has 0 aromatic heterocycles. The number of likely N-dealkylation sites (N-methyl/N-ethyl adjacent to an activating group) is 1. The summed E-state index contributed by atoms with van der Waals surface area (Å²) in [5.41, 5.74) is 1.53. The highest BCUT2D eigenvalue weighted by molar-refractivity contribution is 7.92. The summed E-state index contributed by atoms with van der Waals surface area (Å²) in [6, 6.07) is 27.5. The average molecular weight is 655 g/mol. The van der Waals surface area contributed by atoms with E-state index in [1.54, 1.807) is 60.7 Å². The minimum atomic E-state index is -4.24. The molecule has 0 fully saturated rings. The highest BCUT2D eigenvalue weighted by Crippen LogP contribution is 2.29. The van der Waals surface area contributed by atoms with Gasteiger partial charge in [-0.3, -0.25) is 13.9 Å². The molecule has 0 saturated carbocycles. The first kappa shape index (κ1) is 32.9. The summed E-state index contributed by atoms with van der Waals surface area (Å²) in [7, 11) is -2.75. The van der Waals surface area contributed by atoms with Crippen LogP contribution in [0.25, 0.3) is 0 Å². The van der Waals surface area contributed by atoms with Gasteiger partial charge in [0.2, 0.25) is 11.8 Å². The van der Waals surface area contributed by atoms with Crippen molar-refractivity contribution in [2.45, 2.75) is 30.8 Å². The zero-order chi connectivity index (χ0) is 31.7. The number of para-hydroxylation sites is 1. The number of nitrogens with one attached hydrogen (secondary N) is 1. The highest BCUT2D eigenvalue weighted by Gasteiger charge is 2.35. The van der Waals surface area contributed by atoms with Gasteiger partial charge in [0.15, 0.2) is 0 Å². The Morgan fingerprint density at radius 1 is 0.841 bits per heavy atom. The quantitative estimate of drug-likeness (QED) is 0.192. The summed E-state index contributed by atoms with van der Waals surface area (Å²) in [6.07, 6.45) is 0.172. The maximum atomic E-state index is 14.4. The molecule has 0 spiro atoms. The van der Waals surface area contributed by atoms with Crippen molar-refractivity contribution in [2.24, 2.45) is 0 Å². The predicted octanol–water partition coefficient (Wildman–Crippen LogP) is 5.97. The van der Waals surface area contributed by atoms with Crippen molar-refractivity contribution < 1.29 is 22.7 Å². The molecule has 230 valence electrons. The molecule has 0 unspecified atom stereocenters. The number of nitrogens with zero attached hydrogens (tertiary/aromatic N) is 2. The number of hydrogen-bond donors (Lipinski definition) is 1. The summed E-state index contributed by atoms with van der Waals surface area (Å²) in [5.74, 6) is -0.527. The number of benzene rings is 4. The van der Waals surface area contributed by atoms with Gasteiger partial charge in [0.25, 0.3) is 10.0 Å². The maximum absolute atomic E-state index is 14.4. The molecule has 0 heterocycles. The lowest BCUT2D eigenvalue weighted by atomic mass is 10.0. The van der Waals surface area contributed by atoms with E-state index >= 15 is 0 Å². The largest absolute Gasteiger partial charge is 0.494 e. The van der Waals surface area contributed by atoms with Gasteiger partial charge < -0.3 is 15.0 Å². The Kier molecular flexibility index (Phi) is 11.3. The SMILES string of the molecule is CCOc1ccc(S(=O)(=O)N(CC(=O)N(Cc2c(Cl)cccc2Cl)[C@H](Cc2ccccc2)C(=O)NC)c2ccccc2)cc1. The van der Waals surface area contributed by atoms with E-state index in [0.29, 0.717) is 28.0 Å². The molecule has 4 aromatic rings. The first-order valence-corrected chi connectivity index (χ1v) is 16.1. The molecular weight excluding hydrogens is 621 g/mol. The molecule has 4 aromatic carbocycles. The molecular formula is C33H33Cl2N3O5S. The second kappa shape index (κ2) is 15.1. The molecule has 11 heteroatoms. The molecule has 1 N–H and O–H groups in total. The molecule has 0 aliphatic rings. The highest BCUT2D eigenvalue weighted by atomic mass is 35.5. The second-order valence-corrected chi connectivity index (χ2v) is 12.5. The fourth-order valence-corrected chi connectivity index (χ4v) is 6.63. The van der Waals surface area contributed by atoms with Crippen molar-refractivity contribution in [1.82, 2.24) is 10.2 Å². The standard InChI is InChI=1S/C33H33Cl2N3O5S/c1-3-43-26-17-19-27(20-18-26)44(41,42)38(25-13-8-5-9-14-25)23-32(39)37(22-28-29(34)15-10-16-30(28)35)31(33(40)36-2)21-24-11-6-4-7-12-24/h4-20,31H,3,21-23H2,1-2H3,(H,36,40)/t31-/m1/s1. The molecule has 0 bridgehead atoms. The van der Waals surface area contributed by atoms with Crippen LogP contribution in [-0.4, -0.2) is 51.4 Å². The number of sulfonamides is 1. The van der Waals surface area contributed by atoms with Crippen molar-refractivity contribution >= 4 is 50.7 Å². The zero-order valence-corrected chi connectivity index (χ0v) is 26.6. The monoisotopic (exact) mass is 653 g/mol. The lowest BCUT2D eigenvalue weighted by molar-refractivity contribution is -0.139. The van der Waals surface area contributed by atoms with E-state index in [-0.39, 0.29) is 23.5 Å². The number of ether oxygens (including phenoxy) is 1. The van der Waals surface area contributed by atoms with Crippen molar-refractivity contribution in [1.29, 1.82) is 0 Å². The van der Waals surface area contributed by atoms with Crippen LogP contribution < -0.4 is 14.4 Å². The summed E-state index contributed by atoms with van der Waals surface area (Å²) < 4.78 is 34.6. The van der Waals surface area contributed by atoms with Crippen molar-refractivity contribution in [2.75, 3.05) is 24.5 Å². The second-order valence-electron chi connectivity index (χ2n) is 9.79. The lowest BCUT2D eigenvalue weighted by Crippen LogP contribution is -2.53. The first-order chi connectivity index (χ1) is 21.1. The number of carbonyl (C=O) groups is 2. The number of carbonyl (C=O) groups excluding carboxylic acids is 2. The smallest absolute Gasteiger partial charge is 0.264 e. The Morgan fingerprint density at radius 3 is 2.00 bits per heavy atom. The number of rotatable bonds is 13. The molecule has 0 saturated heterocycles. The van der Waals surface area contributed by atoms with Crippen LogP contribution in [-0.2, 0) is 32.6 Å². The van der Waals surface area contributed by atoms with Crippen LogP contribution in [0.15, 0.2) is 108 Å². The van der Waals surface area contributed by atoms with E-state index in [2.05, 4.69) is 5.32 Å². The van der Waals surface area contributed by atoms with Crippen LogP contribution in [0.4, 0.5) is 5.69 Å². The first-order valence-electron chi connectivity index (χ1n) is 13.9. The van der Waals surface area contributed by atoms with Gasteiger partial charge in [-0.1, -0.05) is 77.8 Å². The minimum absolute atomic E-state index is 0.0227. The van der Waals surface area contributed by atoms with Crippen LogP contribution in [0.1, 0.15) is 18.1 Å². The topological polar surface area (TPSA) is 96.0 Å². The maximum Gasteiger partial charge on any atom is 0.264 e. The van der Waals surface area contributed by atoms with Gasteiger partial charge >= 0.3 is 0 Å². The van der Waals surface area contributed by atoms with Gasteiger partial charge in [0.1, 0.15) is 18.3 Å². The summed E-state index contributed by atoms with van der Waals surface area (Å²) in [4.78, 5) is 29.0. The molecule has 4 rings (SSSR count). The average Bonchev–Trinajstić information content (AvgIpc) is 3.03. The third kappa shape index (κ3) is 7.91. The van der Waals surface area contributed by atoms with Gasteiger partial charge in [-0.2, -0.15) is 0 Å². The number of hydrogen-bond acceptors (Lipinski definition) is 5. The molecule has 8 nitrogen and oxygen atoms in total. The number of amides is 2. The summed E-state index contributed by atoms with van der Waals surface area (Å²) >= 11 is 13.0. The minimum Gasteiger partial charge on any atom is -0.494 e. The van der Waals surface area contributed by atoms with Gasteiger partial charge in [-0.15, -0.1) is 0 Å². The van der Waals surface area contributed by atoms with Crippen LogP contribution in [0.3, 0.4) is 0 Å². The van der Waals surface area contributed by atoms with Crippen LogP contribution in [0.5, 0.6) is 5.75 Å². The summed E-state index contributed by atoms with van der Waals surface area (Å²) in [5, 5.41) is 3.28. The summed E-state index contributed by atoms with van der Waals surface area (Å²) in [6.45, 7) is 1.54. The lowest BCUT2D eigenvalue weighted by Gasteiger charge is -2.34. The predicted molar refractivity (Wildman–Crippen MR) is 174 cm³/mol. The Morgan fingerprint density at radius 2 is 1.43 bits per heavy atom. The zero-order valence-electron chi connectivity index (χ0n) is 24.3. The van der Waals surface area contributed by atoms with E-state index in [1.165, 1.54) is 24.1 Å². The van der Waals surface area contributed by atoms with E-state index in [4.69, 9.17) is 27.9 Å². The number of anilines is 1. The van der Waals surface area contributed by atoms with E-state index < -0.39 is 34.4 Å². The van der Waals surface area contributed by atoms with Crippen LogP contribution >= 0.6 is 23.2 Å². The van der Waals surface area contributed by atoms with Crippen LogP contribution in [0.2, 0.25) is 10.0 Å². The Hall–Kier alpha value is -4.05. The molecule has 2 amide bonds. The Labute approximate surface area is 268 Å². The normalized spacial score (nSPS) is 11.8. The molecule has 0 aliphatic heterocycles. The number of halogens is 2. The van der Waals surface area contributed by atoms with Gasteiger partial charge in [0, 0.05) is 35.6 Å². The molecule has 1 atom stereocenters. The van der Waals surface area contributed by atoms with E-state index in [9.17, 15) is 18.0 Å². The van der Waals surface area contributed by atoms with Gasteiger partial charge in [-0.05, 0) is 61.0 Å². The van der Waals surface area contributed by atoms with Crippen LogP contribution in [0, 0.1) is 0 Å². The van der Waals surface area contributed by atoms with E-state index in [0.717, 1.165) is 9.87 Å².